The third-order valence-electron chi connectivity index (χ3n) is 2.22. The molecule has 0 fully saturated rings. The van der Waals surface area contributed by atoms with Crippen LogP contribution in [0.4, 0.5) is 5.95 Å². The van der Waals surface area contributed by atoms with Crippen LogP contribution in [0.2, 0.25) is 0 Å². The second kappa shape index (κ2) is 3.65. The Morgan fingerprint density at radius 2 is 2.07 bits per heavy atom. The van der Waals surface area contributed by atoms with Gasteiger partial charge in [-0.05, 0) is 20.8 Å². The van der Waals surface area contributed by atoms with Gasteiger partial charge in [-0.15, -0.1) is 0 Å². The van der Waals surface area contributed by atoms with Crippen LogP contribution in [-0.2, 0) is 0 Å². The van der Waals surface area contributed by atoms with Crippen LogP contribution in [0.5, 0.6) is 0 Å². The minimum Gasteiger partial charge on any atom is -0.358 e. The maximum atomic E-state index is 11.4. The van der Waals surface area contributed by atoms with E-state index in [1.807, 2.05) is 18.4 Å². The standard InChI is InChI=1S/C10H15N3O/c1-6(2)13-8(4)7(3)9(14)12-10(13)11-5/h1H2,2-5H3,(H,11,12,14). The predicted molar refractivity (Wildman–Crippen MR) is 58.5 cm³/mol. The molecule has 4 heteroatoms. The van der Waals surface area contributed by atoms with Crippen LogP contribution in [0.15, 0.2) is 11.4 Å². The van der Waals surface area contributed by atoms with Gasteiger partial charge in [0, 0.05) is 24.0 Å². The molecule has 0 bridgehead atoms. The molecule has 14 heavy (non-hydrogen) atoms. The Hall–Kier alpha value is -1.58. The molecule has 0 saturated carbocycles. The second-order valence-corrected chi connectivity index (χ2v) is 3.27. The highest BCUT2D eigenvalue weighted by atomic mass is 16.1. The summed E-state index contributed by atoms with van der Waals surface area (Å²) in [6.45, 7) is 9.37. The number of nitrogens with zero attached hydrogens (tertiary/aromatic N) is 2. The van der Waals surface area contributed by atoms with Crippen LogP contribution in [0.25, 0.3) is 5.70 Å². The van der Waals surface area contributed by atoms with Crippen molar-refractivity contribution < 1.29 is 0 Å². The Balaban J connectivity index is 3.61. The highest BCUT2D eigenvalue weighted by Crippen LogP contribution is 2.13. The highest BCUT2D eigenvalue weighted by molar-refractivity contribution is 5.49. The van der Waals surface area contributed by atoms with Gasteiger partial charge in [0.1, 0.15) is 0 Å². The zero-order chi connectivity index (χ0) is 10.9. The average molecular weight is 193 g/mol. The van der Waals surface area contributed by atoms with Crippen molar-refractivity contribution in [1.82, 2.24) is 9.55 Å². The van der Waals surface area contributed by atoms with E-state index in [2.05, 4.69) is 16.9 Å². The smallest absolute Gasteiger partial charge is 0.277 e. The Kier molecular flexibility index (Phi) is 2.74. The van der Waals surface area contributed by atoms with Crippen molar-refractivity contribution in [3.63, 3.8) is 0 Å². The second-order valence-electron chi connectivity index (χ2n) is 3.27. The molecule has 0 aliphatic carbocycles. The first-order valence-electron chi connectivity index (χ1n) is 4.43. The number of allylic oxidation sites excluding steroid dienone is 1. The Morgan fingerprint density at radius 1 is 1.50 bits per heavy atom. The van der Waals surface area contributed by atoms with Crippen molar-refractivity contribution >= 4 is 11.6 Å². The van der Waals surface area contributed by atoms with Crippen molar-refractivity contribution in [2.75, 3.05) is 12.4 Å². The van der Waals surface area contributed by atoms with Gasteiger partial charge in [0.2, 0.25) is 5.95 Å². The fourth-order valence-electron chi connectivity index (χ4n) is 1.35. The van der Waals surface area contributed by atoms with Gasteiger partial charge >= 0.3 is 0 Å². The van der Waals surface area contributed by atoms with Crippen molar-refractivity contribution in [3.05, 3.63) is 28.2 Å². The molecule has 0 aliphatic rings. The molecule has 76 valence electrons. The van der Waals surface area contributed by atoms with E-state index in [0.29, 0.717) is 11.5 Å². The Morgan fingerprint density at radius 3 is 2.50 bits per heavy atom. The molecule has 0 aliphatic heterocycles. The van der Waals surface area contributed by atoms with Gasteiger partial charge in [-0.25, -0.2) is 0 Å². The first kappa shape index (κ1) is 10.5. The van der Waals surface area contributed by atoms with Gasteiger partial charge in [0.25, 0.3) is 5.56 Å². The first-order valence-corrected chi connectivity index (χ1v) is 4.43. The summed E-state index contributed by atoms with van der Waals surface area (Å²) in [5.74, 6) is 0.533. The monoisotopic (exact) mass is 193 g/mol. The van der Waals surface area contributed by atoms with Crippen LogP contribution < -0.4 is 10.9 Å². The van der Waals surface area contributed by atoms with Gasteiger partial charge in [-0.2, -0.15) is 4.98 Å². The number of hydrogen-bond donors (Lipinski definition) is 1. The summed E-state index contributed by atoms with van der Waals surface area (Å²) in [5, 5.41) is 2.88. The van der Waals surface area contributed by atoms with Gasteiger partial charge in [-0.1, -0.05) is 6.58 Å². The number of anilines is 1. The summed E-state index contributed by atoms with van der Waals surface area (Å²) in [7, 11) is 1.73. The Bertz CT molecular complexity index is 432. The molecule has 4 nitrogen and oxygen atoms in total. The molecule has 0 aromatic carbocycles. The van der Waals surface area contributed by atoms with E-state index in [4.69, 9.17) is 0 Å². The SMILES string of the molecule is C=C(C)n1c(NC)nc(=O)c(C)c1C. The van der Waals surface area contributed by atoms with Gasteiger partial charge in [0.05, 0.1) is 0 Å². The Labute approximate surface area is 83.3 Å². The summed E-state index contributed by atoms with van der Waals surface area (Å²) in [6, 6.07) is 0. The van der Waals surface area contributed by atoms with E-state index in [9.17, 15) is 4.79 Å². The largest absolute Gasteiger partial charge is 0.358 e. The lowest BCUT2D eigenvalue weighted by molar-refractivity contribution is 0.911. The maximum Gasteiger partial charge on any atom is 0.277 e. The number of nitrogens with one attached hydrogen (secondary N) is 1. The molecule has 0 saturated heterocycles. The average Bonchev–Trinajstić information content (AvgIpc) is 2.12. The fraction of sp³-hybridized carbons (Fsp3) is 0.400. The predicted octanol–water partition coefficient (Wildman–Crippen LogP) is 1.39. The highest BCUT2D eigenvalue weighted by Gasteiger charge is 2.09. The fourth-order valence-corrected chi connectivity index (χ4v) is 1.35. The summed E-state index contributed by atoms with van der Waals surface area (Å²) >= 11 is 0. The molecule has 1 heterocycles. The zero-order valence-electron chi connectivity index (χ0n) is 9.01. The third kappa shape index (κ3) is 1.55. The van der Waals surface area contributed by atoms with E-state index in [1.165, 1.54) is 0 Å². The molecule has 0 unspecified atom stereocenters. The summed E-state index contributed by atoms with van der Waals surface area (Å²) in [5.41, 5.74) is 2.18. The molecule has 0 radical (unpaired) electrons. The van der Waals surface area contributed by atoms with Crippen molar-refractivity contribution in [2.45, 2.75) is 20.8 Å². The molecule has 0 atom stereocenters. The van der Waals surface area contributed by atoms with Crippen LogP contribution in [0, 0.1) is 13.8 Å². The number of rotatable bonds is 2. The number of hydrogen-bond acceptors (Lipinski definition) is 3. The van der Waals surface area contributed by atoms with E-state index in [0.717, 1.165) is 11.4 Å². The molecular formula is C10H15N3O. The molecule has 1 N–H and O–H groups in total. The molecular weight excluding hydrogens is 178 g/mol. The maximum absolute atomic E-state index is 11.4. The van der Waals surface area contributed by atoms with Gasteiger partial charge < -0.3 is 5.32 Å². The van der Waals surface area contributed by atoms with E-state index >= 15 is 0 Å². The van der Waals surface area contributed by atoms with Crippen molar-refractivity contribution in [2.24, 2.45) is 0 Å². The quantitative estimate of drug-likeness (QED) is 0.772. The van der Waals surface area contributed by atoms with E-state index < -0.39 is 0 Å². The topological polar surface area (TPSA) is 46.9 Å². The van der Waals surface area contributed by atoms with Crippen LogP contribution in [0.3, 0.4) is 0 Å². The summed E-state index contributed by atoms with van der Waals surface area (Å²) < 4.78 is 1.83. The van der Waals surface area contributed by atoms with Gasteiger partial charge in [-0.3, -0.25) is 9.36 Å². The molecule has 1 rings (SSSR count). The summed E-state index contributed by atoms with van der Waals surface area (Å²) in [4.78, 5) is 15.3. The first-order chi connectivity index (χ1) is 6.49. The minimum atomic E-state index is -0.190. The van der Waals surface area contributed by atoms with E-state index in [1.54, 1.807) is 14.0 Å². The molecule has 0 spiro atoms. The van der Waals surface area contributed by atoms with Crippen molar-refractivity contribution in [3.8, 4) is 0 Å². The normalized spacial score (nSPS) is 10.0. The van der Waals surface area contributed by atoms with Gasteiger partial charge in [0.15, 0.2) is 0 Å². The van der Waals surface area contributed by atoms with Crippen LogP contribution >= 0.6 is 0 Å². The zero-order valence-corrected chi connectivity index (χ0v) is 9.01. The van der Waals surface area contributed by atoms with Crippen LogP contribution in [0.1, 0.15) is 18.2 Å². The molecule has 1 aromatic rings. The molecule has 1 aromatic heterocycles. The van der Waals surface area contributed by atoms with Crippen molar-refractivity contribution in [1.29, 1.82) is 0 Å². The number of aromatic nitrogens is 2. The van der Waals surface area contributed by atoms with E-state index in [-0.39, 0.29) is 5.56 Å². The molecule has 0 amide bonds. The minimum absolute atomic E-state index is 0.190. The lowest BCUT2D eigenvalue weighted by Gasteiger charge is -2.16. The third-order valence-corrected chi connectivity index (χ3v) is 2.22. The summed E-state index contributed by atoms with van der Waals surface area (Å²) in [6.07, 6.45) is 0. The lowest BCUT2D eigenvalue weighted by Crippen LogP contribution is -2.21. The van der Waals surface area contributed by atoms with Crippen LogP contribution in [-0.4, -0.2) is 16.6 Å². The lowest BCUT2D eigenvalue weighted by atomic mass is 10.2.